The highest BCUT2D eigenvalue weighted by molar-refractivity contribution is 9.10. The Morgan fingerprint density at radius 1 is 1.50 bits per heavy atom. The first kappa shape index (κ1) is 13.5. The van der Waals surface area contributed by atoms with Gasteiger partial charge in [-0.15, -0.1) is 11.8 Å². The standard InChI is InChI=1S/C11H13BrO3S/c1-15-3-2-4-16-10-6-8(11(13)14)5-9(12)7-10/h5-7H,2-4H2,1H3,(H,13,14). The molecule has 0 spiro atoms. The molecule has 0 saturated carbocycles. The van der Waals surface area contributed by atoms with Crippen LogP contribution >= 0.6 is 27.7 Å². The van der Waals surface area contributed by atoms with E-state index < -0.39 is 5.97 Å². The fourth-order valence-electron chi connectivity index (χ4n) is 1.16. The molecule has 0 heterocycles. The lowest BCUT2D eigenvalue weighted by Gasteiger charge is -2.04. The van der Waals surface area contributed by atoms with Gasteiger partial charge in [-0.25, -0.2) is 4.79 Å². The summed E-state index contributed by atoms with van der Waals surface area (Å²) in [6, 6.07) is 5.20. The van der Waals surface area contributed by atoms with Crippen LogP contribution in [0.5, 0.6) is 0 Å². The molecular weight excluding hydrogens is 292 g/mol. The van der Waals surface area contributed by atoms with Gasteiger partial charge in [-0.05, 0) is 24.6 Å². The van der Waals surface area contributed by atoms with E-state index in [9.17, 15) is 4.79 Å². The van der Waals surface area contributed by atoms with Crippen LogP contribution in [0, 0.1) is 0 Å². The molecule has 1 aromatic carbocycles. The molecule has 5 heteroatoms. The van der Waals surface area contributed by atoms with Crippen molar-refractivity contribution < 1.29 is 14.6 Å². The predicted octanol–water partition coefficient (Wildman–Crippen LogP) is 3.28. The topological polar surface area (TPSA) is 46.5 Å². The molecule has 0 radical (unpaired) electrons. The number of carboxylic acids is 1. The maximum absolute atomic E-state index is 10.8. The molecule has 0 saturated heterocycles. The molecule has 0 atom stereocenters. The maximum atomic E-state index is 10.8. The van der Waals surface area contributed by atoms with Crippen molar-refractivity contribution in [2.75, 3.05) is 19.5 Å². The summed E-state index contributed by atoms with van der Waals surface area (Å²) < 4.78 is 5.74. The lowest BCUT2D eigenvalue weighted by atomic mass is 10.2. The molecule has 0 aromatic heterocycles. The lowest BCUT2D eigenvalue weighted by molar-refractivity contribution is 0.0696. The Morgan fingerprint density at radius 2 is 2.25 bits per heavy atom. The van der Waals surface area contributed by atoms with Crippen LogP contribution in [-0.2, 0) is 4.74 Å². The van der Waals surface area contributed by atoms with Gasteiger partial charge >= 0.3 is 5.97 Å². The van der Waals surface area contributed by atoms with Crippen molar-refractivity contribution in [2.45, 2.75) is 11.3 Å². The van der Waals surface area contributed by atoms with Crippen molar-refractivity contribution >= 4 is 33.7 Å². The highest BCUT2D eigenvalue weighted by Crippen LogP contribution is 2.24. The van der Waals surface area contributed by atoms with Gasteiger partial charge in [-0.1, -0.05) is 15.9 Å². The van der Waals surface area contributed by atoms with Gasteiger partial charge in [0.1, 0.15) is 0 Å². The summed E-state index contributed by atoms with van der Waals surface area (Å²) in [6.45, 7) is 0.729. The molecule has 0 bridgehead atoms. The molecule has 0 aliphatic heterocycles. The third-order valence-corrected chi connectivity index (χ3v) is 3.40. The second-order valence-corrected chi connectivity index (χ2v) is 5.26. The van der Waals surface area contributed by atoms with E-state index in [-0.39, 0.29) is 0 Å². The van der Waals surface area contributed by atoms with Crippen molar-refractivity contribution in [1.82, 2.24) is 0 Å². The normalized spacial score (nSPS) is 10.4. The molecule has 88 valence electrons. The first-order chi connectivity index (χ1) is 7.63. The zero-order chi connectivity index (χ0) is 12.0. The number of ether oxygens (including phenoxy) is 1. The van der Waals surface area contributed by atoms with Gasteiger partial charge in [0, 0.05) is 28.8 Å². The largest absolute Gasteiger partial charge is 0.478 e. The summed E-state index contributed by atoms with van der Waals surface area (Å²) in [7, 11) is 1.67. The van der Waals surface area contributed by atoms with Crippen LogP contribution in [0.3, 0.4) is 0 Å². The van der Waals surface area contributed by atoms with E-state index in [0.717, 1.165) is 28.1 Å². The Bertz CT molecular complexity index is 368. The number of thioether (sulfide) groups is 1. The summed E-state index contributed by atoms with van der Waals surface area (Å²) in [5.41, 5.74) is 0.309. The third-order valence-electron chi connectivity index (χ3n) is 1.88. The first-order valence-electron chi connectivity index (χ1n) is 4.79. The molecule has 0 unspecified atom stereocenters. The first-order valence-corrected chi connectivity index (χ1v) is 6.57. The number of carboxylic acid groups (broad SMARTS) is 1. The minimum absolute atomic E-state index is 0.309. The van der Waals surface area contributed by atoms with Crippen LogP contribution in [0.4, 0.5) is 0 Å². The number of hydrogen-bond acceptors (Lipinski definition) is 3. The second kappa shape index (κ2) is 6.93. The number of rotatable bonds is 6. The molecule has 0 amide bonds. The fourth-order valence-corrected chi connectivity index (χ4v) is 2.73. The number of methoxy groups -OCH3 is 1. The van der Waals surface area contributed by atoms with Gasteiger partial charge in [-0.2, -0.15) is 0 Å². The molecule has 0 aliphatic carbocycles. The Morgan fingerprint density at radius 3 is 2.88 bits per heavy atom. The molecule has 1 rings (SSSR count). The number of halogens is 1. The Hall–Kier alpha value is -0.520. The average Bonchev–Trinajstić information content (AvgIpc) is 2.23. The summed E-state index contributed by atoms with van der Waals surface area (Å²) in [5, 5.41) is 8.89. The SMILES string of the molecule is COCCCSc1cc(Br)cc(C(=O)O)c1. The zero-order valence-corrected chi connectivity index (χ0v) is 11.3. The summed E-state index contributed by atoms with van der Waals surface area (Å²) in [5.74, 6) is 0.0173. The lowest BCUT2D eigenvalue weighted by Crippen LogP contribution is -1.96. The highest BCUT2D eigenvalue weighted by atomic mass is 79.9. The van der Waals surface area contributed by atoms with Gasteiger partial charge in [0.25, 0.3) is 0 Å². The maximum Gasteiger partial charge on any atom is 0.335 e. The van der Waals surface area contributed by atoms with E-state index in [0.29, 0.717) is 5.56 Å². The van der Waals surface area contributed by atoms with Crippen molar-refractivity contribution in [3.8, 4) is 0 Å². The van der Waals surface area contributed by atoms with E-state index in [1.54, 1.807) is 31.0 Å². The van der Waals surface area contributed by atoms with Crippen LogP contribution < -0.4 is 0 Å². The van der Waals surface area contributed by atoms with Crippen LogP contribution in [0.15, 0.2) is 27.6 Å². The van der Waals surface area contributed by atoms with Crippen molar-refractivity contribution in [1.29, 1.82) is 0 Å². The monoisotopic (exact) mass is 304 g/mol. The summed E-state index contributed by atoms with van der Waals surface area (Å²) in [4.78, 5) is 11.8. The van der Waals surface area contributed by atoms with Crippen LogP contribution in [0.25, 0.3) is 0 Å². The molecule has 0 fully saturated rings. The highest BCUT2D eigenvalue weighted by Gasteiger charge is 2.06. The molecule has 3 nitrogen and oxygen atoms in total. The van der Waals surface area contributed by atoms with E-state index in [1.807, 2.05) is 6.07 Å². The predicted molar refractivity (Wildman–Crippen MR) is 68.3 cm³/mol. The molecular formula is C11H13BrO3S. The van der Waals surface area contributed by atoms with Gasteiger partial charge in [0.2, 0.25) is 0 Å². The quantitative estimate of drug-likeness (QED) is 0.647. The van der Waals surface area contributed by atoms with E-state index >= 15 is 0 Å². The van der Waals surface area contributed by atoms with Gasteiger partial charge in [0.15, 0.2) is 0 Å². The van der Waals surface area contributed by atoms with Gasteiger partial charge < -0.3 is 9.84 Å². The second-order valence-electron chi connectivity index (χ2n) is 3.18. The molecule has 16 heavy (non-hydrogen) atoms. The summed E-state index contributed by atoms with van der Waals surface area (Å²) in [6.07, 6.45) is 0.954. The third kappa shape index (κ3) is 4.55. The Labute approximate surface area is 107 Å². The minimum Gasteiger partial charge on any atom is -0.478 e. The summed E-state index contributed by atoms with van der Waals surface area (Å²) >= 11 is 4.94. The molecule has 1 aromatic rings. The van der Waals surface area contributed by atoms with E-state index in [2.05, 4.69) is 15.9 Å². The van der Waals surface area contributed by atoms with Crippen molar-refractivity contribution in [3.63, 3.8) is 0 Å². The smallest absolute Gasteiger partial charge is 0.335 e. The molecule has 0 aliphatic rings. The Kier molecular flexibility index (Phi) is 5.87. The van der Waals surface area contributed by atoms with Crippen molar-refractivity contribution in [2.24, 2.45) is 0 Å². The average molecular weight is 305 g/mol. The van der Waals surface area contributed by atoms with E-state index in [1.165, 1.54) is 0 Å². The number of carbonyl (C=O) groups is 1. The number of benzene rings is 1. The zero-order valence-electron chi connectivity index (χ0n) is 8.90. The Balaban J connectivity index is 2.62. The van der Waals surface area contributed by atoms with Crippen LogP contribution in [0.1, 0.15) is 16.8 Å². The van der Waals surface area contributed by atoms with Gasteiger partial charge in [-0.3, -0.25) is 0 Å². The fraction of sp³-hybridized carbons (Fsp3) is 0.364. The van der Waals surface area contributed by atoms with Crippen LogP contribution in [0.2, 0.25) is 0 Å². The van der Waals surface area contributed by atoms with Crippen LogP contribution in [-0.4, -0.2) is 30.5 Å². The van der Waals surface area contributed by atoms with E-state index in [4.69, 9.17) is 9.84 Å². The number of hydrogen-bond donors (Lipinski definition) is 1. The van der Waals surface area contributed by atoms with Gasteiger partial charge in [0.05, 0.1) is 5.56 Å². The minimum atomic E-state index is -0.903. The molecule has 1 N–H and O–H groups in total. The van der Waals surface area contributed by atoms with Crippen molar-refractivity contribution in [3.05, 3.63) is 28.2 Å². The number of aromatic carboxylic acids is 1.